The summed E-state index contributed by atoms with van der Waals surface area (Å²) in [6.45, 7) is 2.10. The Morgan fingerprint density at radius 2 is 2.14 bits per heavy atom. The molecule has 0 N–H and O–H groups in total. The second-order valence-electron chi connectivity index (χ2n) is 5.06. The van der Waals surface area contributed by atoms with Crippen LogP contribution in [0.3, 0.4) is 0 Å². The van der Waals surface area contributed by atoms with E-state index in [2.05, 4.69) is 38.0 Å². The normalized spacial score (nSPS) is 13.0. The zero-order chi connectivity index (χ0) is 15.1. The number of rotatable bonds is 3. The average molecular weight is 357 g/mol. The van der Waals surface area contributed by atoms with Crippen LogP contribution < -0.4 is 0 Å². The highest BCUT2D eigenvalue weighted by Gasteiger charge is 2.19. The van der Waals surface area contributed by atoms with Gasteiger partial charge < -0.3 is 0 Å². The lowest BCUT2D eigenvalue weighted by molar-refractivity contribution is 0.484. The van der Waals surface area contributed by atoms with E-state index < -0.39 is 0 Å². The summed E-state index contributed by atoms with van der Waals surface area (Å²) in [6, 6.07) is 7.96. The number of benzene rings is 1. The van der Waals surface area contributed by atoms with Crippen molar-refractivity contribution in [1.29, 1.82) is 0 Å². The fourth-order valence-electron chi connectivity index (χ4n) is 2.61. The first-order valence-electron chi connectivity index (χ1n) is 7.06. The predicted octanol–water partition coefficient (Wildman–Crippen LogP) is 3.24. The highest BCUT2D eigenvalue weighted by molar-refractivity contribution is 9.10. The van der Waals surface area contributed by atoms with Crippen LogP contribution in [-0.4, -0.2) is 29.4 Å². The molecule has 4 aromatic rings. The molecule has 7 heteroatoms. The van der Waals surface area contributed by atoms with E-state index in [1.807, 2.05) is 35.1 Å². The Bertz CT molecular complexity index is 957. The molecule has 0 fully saturated rings. The van der Waals surface area contributed by atoms with Crippen molar-refractivity contribution in [2.75, 3.05) is 0 Å². The molecule has 0 aliphatic carbocycles. The Morgan fingerprint density at radius 3 is 2.91 bits per heavy atom. The van der Waals surface area contributed by atoms with Gasteiger partial charge in [0.15, 0.2) is 11.5 Å². The molecule has 3 aromatic heterocycles. The lowest BCUT2D eigenvalue weighted by Gasteiger charge is -2.10. The topological polar surface area (TPSA) is 60.9 Å². The molecule has 0 aliphatic rings. The standard InChI is InChI=1S/C15H13BrN6/c1-2-13(21-8-10(16)7-18-21)14-19-15-11-5-3-4-6-12(11)17-9-22(15)20-14/h3-9,13H,2H2,1H3/t13-/m0/s1. The summed E-state index contributed by atoms with van der Waals surface area (Å²) < 4.78 is 4.56. The minimum absolute atomic E-state index is 0.00459. The van der Waals surface area contributed by atoms with E-state index in [0.717, 1.165) is 33.3 Å². The van der Waals surface area contributed by atoms with Crippen LogP contribution in [0, 0.1) is 0 Å². The van der Waals surface area contributed by atoms with Crippen LogP contribution in [0.2, 0.25) is 0 Å². The molecule has 0 spiro atoms. The number of nitrogens with zero attached hydrogens (tertiary/aromatic N) is 6. The highest BCUT2D eigenvalue weighted by Crippen LogP contribution is 2.23. The zero-order valence-electron chi connectivity index (χ0n) is 11.9. The van der Waals surface area contributed by atoms with E-state index in [1.54, 1.807) is 17.0 Å². The Balaban J connectivity index is 1.89. The van der Waals surface area contributed by atoms with Gasteiger partial charge in [-0.15, -0.1) is 5.10 Å². The van der Waals surface area contributed by atoms with Gasteiger partial charge in [0.05, 0.1) is 16.2 Å². The van der Waals surface area contributed by atoms with Gasteiger partial charge in [-0.2, -0.15) is 5.10 Å². The first-order chi connectivity index (χ1) is 10.8. The first-order valence-corrected chi connectivity index (χ1v) is 7.85. The molecule has 0 bridgehead atoms. The summed E-state index contributed by atoms with van der Waals surface area (Å²) in [7, 11) is 0. The largest absolute Gasteiger partial charge is 0.261 e. The van der Waals surface area contributed by atoms with Crippen molar-refractivity contribution in [3.8, 4) is 0 Å². The van der Waals surface area contributed by atoms with Gasteiger partial charge >= 0.3 is 0 Å². The van der Waals surface area contributed by atoms with Crippen LogP contribution in [0.25, 0.3) is 16.6 Å². The fraction of sp³-hybridized carbons (Fsp3) is 0.200. The molecule has 0 saturated heterocycles. The Kier molecular flexibility index (Phi) is 3.15. The molecule has 0 unspecified atom stereocenters. The average Bonchev–Trinajstić information content (AvgIpc) is 3.15. The smallest absolute Gasteiger partial charge is 0.176 e. The number of halogens is 1. The summed E-state index contributed by atoms with van der Waals surface area (Å²) >= 11 is 3.43. The highest BCUT2D eigenvalue weighted by atomic mass is 79.9. The second-order valence-corrected chi connectivity index (χ2v) is 5.98. The predicted molar refractivity (Wildman–Crippen MR) is 86.6 cm³/mol. The van der Waals surface area contributed by atoms with Crippen molar-refractivity contribution in [3.05, 3.63) is 53.3 Å². The van der Waals surface area contributed by atoms with Crippen molar-refractivity contribution in [2.24, 2.45) is 0 Å². The van der Waals surface area contributed by atoms with Crippen LogP contribution in [0.5, 0.6) is 0 Å². The van der Waals surface area contributed by atoms with E-state index >= 15 is 0 Å². The van der Waals surface area contributed by atoms with Gasteiger partial charge in [0.2, 0.25) is 0 Å². The van der Waals surface area contributed by atoms with Crippen molar-refractivity contribution in [1.82, 2.24) is 29.4 Å². The van der Waals surface area contributed by atoms with Gasteiger partial charge in [-0.1, -0.05) is 19.1 Å². The number of hydrogen-bond donors (Lipinski definition) is 0. The van der Waals surface area contributed by atoms with Gasteiger partial charge in [-0.25, -0.2) is 14.5 Å². The van der Waals surface area contributed by atoms with Crippen LogP contribution in [0.4, 0.5) is 0 Å². The zero-order valence-corrected chi connectivity index (χ0v) is 13.5. The summed E-state index contributed by atoms with van der Waals surface area (Å²) in [5.74, 6) is 0.747. The van der Waals surface area contributed by atoms with E-state index in [0.29, 0.717) is 0 Å². The molecule has 3 heterocycles. The molecular weight excluding hydrogens is 344 g/mol. The van der Waals surface area contributed by atoms with E-state index in [4.69, 9.17) is 4.98 Å². The molecule has 110 valence electrons. The van der Waals surface area contributed by atoms with E-state index in [1.165, 1.54) is 0 Å². The monoisotopic (exact) mass is 356 g/mol. The Labute approximate surface area is 134 Å². The SMILES string of the molecule is CC[C@@H](c1nc2c3ccccc3ncn2n1)n1cc(Br)cn1. The van der Waals surface area contributed by atoms with Gasteiger partial charge in [0, 0.05) is 11.6 Å². The van der Waals surface area contributed by atoms with Gasteiger partial charge in [-0.05, 0) is 34.5 Å². The third kappa shape index (κ3) is 2.09. The van der Waals surface area contributed by atoms with E-state index in [9.17, 15) is 0 Å². The summed E-state index contributed by atoms with van der Waals surface area (Å²) in [4.78, 5) is 9.15. The van der Waals surface area contributed by atoms with Crippen LogP contribution in [0.1, 0.15) is 25.2 Å². The Hall–Kier alpha value is -2.28. The van der Waals surface area contributed by atoms with Crippen LogP contribution >= 0.6 is 15.9 Å². The van der Waals surface area contributed by atoms with Crippen LogP contribution in [-0.2, 0) is 0 Å². The van der Waals surface area contributed by atoms with Crippen LogP contribution in [0.15, 0.2) is 47.5 Å². The second kappa shape index (κ2) is 5.17. The molecule has 1 atom stereocenters. The molecular formula is C15H13BrN6. The number of aromatic nitrogens is 6. The molecule has 22 heavy (non-hydrogen) atoms. The maximum atomic E-state index is 4.73. The van der Waals surface area contributed by atoms with Gasteiger partial charge in [-0.3, -0.25) is 4.68 Å². The lowest BCUT2D eigenvalue weighted by atomic mass is 10.2. The number of fused-ring (bicyclic) bond motifs is 3. The third-order valence-electron chi connectivity index (χ3n) is 3.67. The number of hydrogen-bond acceptors (Lipinski definition) is 4. The third-order valence-corrected chi connectivity index (χ3v) is 4.08. The minimum atomic E-state index is 0.00459. The Morgan fingerprint density at radius 1 is 1.27 bits per heavy atom. The molecule has 4 rings (SSSR count). The first kappa shape index (κ1) is 13.4. The lowest BCUT2D eigenvalue weighted by Crippen LogP contribution is -2.12. The summed E-state index contributed by atoms with van der Waals surface area (Å²) in [5, 5.41) is 9.95. The molecule has 0 saturated carbocycles. The van der Waals surface area contributed by atoms with Crippen molar-refractivity contribution < 1.29 is 0 Å². The molecule has 0 amide bonds. The summed E-state index contributed by atoms with van der Waals surface area (Å²) in [5.41, 5.74) is 1.74. The molecule has 1 aromatic carbocycles. The quantitative estimate of drug-likeness (QED) is 0.565. The van der Waals surface area contributed by atoms with E-state index in [-0.39, 0.29) is 6.04 Å². The molecule has 6 nitrogen and oxygen atoms in total. The van der Waals surface area contributed by atoms with Crippen molar-refractivity contribution in [3.63, 3.8) is 0 Å². The maximum Gasteiger partial charge on any atom is 0.176 e. The maximum absolute atomic E-state index is 4.73. The molecule has 0 radical (unpaired) electrons. The van der Waals surface area contributed by atoms with Crippen molar-refractivity contribution in [2.45, 2.75) is 19.4 Å². The molecule has 0 aliphatic heterocycles. The number of para-hydroxylation sites is 1. The fourth-order valence-corrected chi connectivity index (χ4v) is 2.91. The summed E-state index contributed by atoms with van der Waals surface area (Å²) in [6.07, 6.45) is 6.28. The van der Waals surface area contributed by atoms with Gasteiger partial charge in [0.25, 0.3) is 0 Å². The van der Waals surface area contributed by atoms with Gasteiger partial charge in [0.1, 0.15) is 12.4 Å². The van der Waals surface area contributed by atoms with Crippen molar-refractivity contribution >= 4 is 32.5 Å². The minimum Gasteiger partial charge on any atom is -0.261 e.